The number of nitrogens with zero attached hydrogens (tertiary/aromatic N) is 1. The fourth-order valence-electron chi connectivity index (χ4n) is 2.21. The van der Waals surface area contributed by atoms with Crippen LogP contribution in [0.4, 0.5) is 8.78 Å². The Labute approximate surface area is 109 Å². The van der Waals surface area contributed by atoms with Crippen LogP contribution in [-0.2, 0) is 4.79 Å². The highest BCUT2D eigenvalue weighted by Crippen LogP contribution is 2.19. The summed E-state index contributed by atoms with van der Waals surface area (Å²) in [4.78, 5) is 24.7. The van der Waals surface area contributed by atoms with Crippen molar-refractivity contribution in [3.63, 3.8) is 0 Å². The van der Waals surface area contributed by atoms with Crippen molar-refractivity contribution in [3.05, 3.63) is 35.4 Å². The summed E-state index contributed by atoms with van der Waals surface area (Å²) in [5, 5.41) is 0. The first-order valence-corrected chi connectivity index (χ1v) is 6.02. The normalized spacial score (nSPS) is 19.3. The zero-order chi connectivity index (χ0) is 14.0. The van der Waals surface area contributed by atoms with Crippen LogP contribution in [0.2, 0.25) is 0 Å². The first-order valence-electron chi connectivity index (χ1n) is 6.02. The van der Waals surface area contributed by atoms with Gasteiger partial charge in [-0.3, -0.25) is 9.59 Å². The molecule has 102 valence electrons. The van der Waals surface area contributed by atoms with Crippen LogP contribution in [0.25, 0.3) is 0 Å². The number of hydrogen-bond donors (Lipinski definition) is 1. The Morgan fingerprint density at radius 3 is 2.63 bits per heavy atom. The first kappa shape index (κ1) is 13.5. The second-order valence-corrected chi connectivity index (χ2v) is 4.62. The van der Waals surface area contributed by atoms with Gasteiger partial charge < -0.3 is 10.6 Å². The van der Waals surface area contributed by atoms with E-state index in [0.29, 0.717) is 19.4 Å². The third-order valence-corrected chi connectivity index (χ3v) is 3.28. The maximum atomic E-state index is 13.1. The highest BCUT2D eigenvalue weighted by molar-refractivity contribution is 5.94. The van der Waals surface area contributed by atoms with Crippen molar-refractivity contribution in [2.24, 2.45) is 11.7 Å². The molecule has 1 aromatic rings. The van der Waals surface area contributed by atoms with Gasteiger partial charge in [0.2, 0.25) is 5.91 Å². The number of carbonyl (C=O) groups excluding carboxylic acids is 2. The summed E-state index contributed by atoms with van der Waals surface area (Å²) in [6.07, 6.45) is 1.32. The molecule has 1 heterocycles. The van der Waals surface area contributed by atoms with Crippen molar-refractivity contribution in [1.29, 1.82) is 0 Å². The van der Waals surface area contributed by atoms with Crippen LogP contribution in [-0.4, -0.2) is 29.8 Å². The van der Waals surface area contributed by atoms with Crippen molar-refractivity contribution in [1.82, 2.24) is 4.90 Å². The van der Waals surface area contributed by atoms with E-state index in [4.69, 9.17) is 5.73 Å². The number of carbonyl (C=O) groups is 2. The lowest BCUT2D eigenvalue weighted by Gasteiger charge is -2.31. The fraction of sp³-hybridized carbons (Fsp3) is 0.385. The topological polar surface area (TPSA) is 63.4 Å². The molecule has 2 rings (SSSR count). The van der Waals surface area contributed by atoms with E-state index in [9.17, 15) is 18.4 Å². The van der Waals surface area contributed by atoms with Crippen molar-refractivity contribution in [2.75, 3.05) is 13.1 Å². The molecule has 1 aliphatic heterocycles. The van der Waals surface area contributed by atoms with Crippen LogP contribution in [0.1, 0.15) is 23.2 Å². The second-order valence-electron chi connectivity index (χ2n) is 4.62. The minimum atomic E-state index is -1.06. The van der Waals surface area contributed by atoms with Crippen LogP contribution in [0, 0.1) is 17.6 Å². The van der Waals surface area contributed by atoms with E-state index in [2.05, 4.69) is 0 Å². The Morgan fingerprint density at radius 2 is 2.00 bits per heavy atom. The molecule has 1 fully saturated rings. The molecule has 0 unspecified atom stereocenters. The number of nitrogens with two attached hydrogens (primary N) is 1. The highest BCUT2D eigenvalue weighted by Gasteiger charge is 2.27. The first-order chi connectivity index (χ1) is 8.99. The van der Waals surface area contributed by atoms with Crippen molar-refractivity contribution in [3.8, 4) is 0 Å². The van der Waals surface area contributed by atoms with Crippen molar-refractivity contribution in [2.45, 2.75) is 12.8 Å². The summed E-state index contributed by atoms with van der Waals surface area (Å²) in [6, 6.07) is 3.01. The molecule has 19 heavy (non-hydrogen) atoms. The predicted molar refractivity (Wildman–Crippen MR) is 64.2 cm³/mol. The summed E-state index contributed by atoms with van der Waals surface area (Å²) in [5.41, 5.74) is 5.30. The monoisotopic (exact) mass is 268 g/mol. The molecular formula is C13H14F2N2O2. The third-order valence-electron chi connectivity index (χ3n) is 3.28. The van der Waals surface area contributed by atoms with E-state index < -0.39 is 23.4 Å². The van der Waals surface area contributed by atoms with Gasteiger partial charge in [-0.05, 0) is 31.0 Å². The summed E-state index contributed by atoms with van der Waals surface area (Å²) in [5.74, 6) is -3.28. The SMILES string of the molecule is NC(=O)[C@H]1CCCN(C(=O)c2ccc(F)c(F)c2)C1. The average Bonchev–Trinajstić information content (AvgIpc) is 2.41. The van der Waals surface area contributed by atoms with Gasteiger partial charge in [0, 0.05) is 18.7 Å². The molecule has 0 bridgehead atoms. The Balaban J connectivity index is 2.14. The van der Waals surface area contributed by atoms with Gasteiger partial charge >= 0.3 is 0 Å². The van der Waals surface area contributed by atoms with Gasteiger partial charge in [-0.25, -0.2) is 8.78 Å². The van der Waals surface area contributed by atoms with E-state index >= 15 is 0 Å². The van der Waals surface area contributed by atoms with Gasteiger partial charge in [0.1, 0.15) is 0 Å². The number of likely N-dealkylation sites (tertiary alicyclic amines) is 1. The number of rotatable bonds is 2. The lowest BCUT2D eigenvalue weighted by atomic mass is 9.97. The Kier molecular flexibility index (Phi) is 3.78. The lowest BCUT2D eigenvalue weighted by Crippen LogP contribution is -2.44. The minimum absolute atomic E-state index is 0.0732. The number of hydrogen-bond acceptors (Lipinski definition) is 2. The molecule has 1 saturated heterocycles. The second kappa shape index (κ2) is 5.34. The van der Waals surface area contributed by atoms with Gasteiger partial charge in [0.15, 0.2) is 11.6 Å². The molecule has 0 aromatic heterocycles. The summed E-state index contributed by atoms with van der Waals surface area (Å²) in [6.45, 7) is 0.717. The molecule has 0 radical (unpaired) electrons. The number of amides is 2. The molecule has 1 aliphatic rings. The maximum Gasteiger partial charge on any atom is 0.253 e. The number of benzene rings is 1. The number of piperidine rings is 1. The summed E-state index contributed by atoms with van der Waals surface area (Å²) >= 11 is 0. The molecule has 6 heteroatoms. The zero-order valence-corrected chi connectivity index (χ0v) is 10.2. The van der Waals surface area contributed by atoms with E-state index in [0.717, 1.165) is 12.1 Å². The van der Waals surface area contributed by atoms with Gasteiger partial charge in [-0.15, -0.1) is 0 Å². The van der Waals surface area contributed by atoms with E-state index in [1.807, 2.05) is 0 Å². The molecule has 0 spiro atoms. The molecule has 1 atom stereocenters. The minimum Gasteiger partial charge on any atom is -0.369 e. The molecule has 0 saturated carbocycles. The number of primary amides is 1. The van der Waals surface area contributed by atoms with Gasteiger partial charge in [0.25, 0.3) is 5.91 Å². The summed E-state index contributed by atoms with van der Waals surface area (Å²) in [7, 11) is 0. The average molecular weight is 268 g/mol. The smallest absolute Gasteiger partial charge is 0.253 e. The molecule has 0 aliphatic carbocycles. The predicted octanol–water partition coefficient (Wildman–Crippen LogP) is 1.30. The fourth-order valence-corrected chi connectivity index (χ4v) is 2.21. The third kappa shape index (κ3) is 2.89. The van der Waals surface area contributed by atoms with Crippen LogP contribution < -0.4 is 5.73 Å². The summed E-state index contributed by atoms with van der Waals surface area (Å²) < 4.78 is 25.9. The van der Waals surface area contributed by atoms with E-state index in [-0.39, 0.29) is 18.0 Å². The Morgan fingerprint density at radius 1 is 1.26 bits per heavy atom. The van der Waals surface area contributed by atoms with Crippen LogP contribution in [0.3, 0.4) is 0 Å². The quantitative estimate of drug-likeness (QED) is 0.878. The van der Waals surface area contributed by atoms with Crippen molar-refractivity contribution >= 4 is 11.8 Å². The lowest BCUT2D eigenvalue weighted by molar-refractivity contribution is -0.123. The molecule has 2 N–H and O–H groups in total. The van der Waals surface area contributed by atoms with E-state index in [1.165, 1.54) is 11.0 Å². The van der Waals surface area contributed by atoms with Gasteiger partial charge in [0.05, 0.1) is 5.92 Å². The van der Waals surface area contributed by atoms with Gasteiger partial charge in [-0.2, -0.15) is 0 Å². The molecular weight excluding hydrogens is 254 g/mol. The largest absolute Gasteiger partial charge is 0.369 e. The van der Waals surface area contributed by atoms with Crippen molar-refractivity contribution < 1.29 is 18.4 Å². The zero-order valence-electron chi connectivity index (χ0n) is 10.2. The molecule has 2 amide bonds. The Hall–Kier alpha value is -1.98. The Bertz CT molecular complexity index is 519. The van der Waals surface area contributed by atoms with E-state index in [1.54, 1.807) is 0 Å². The van der Waals surface area contributed by atoms with Gasteiger partial charge in [-0.1, -0.05) is 0 Å². The molecule has 1 aromatic carbocycles. The van der Waals surface area contributed by atoms with Crippen LogP contribution in [0.5, 0.6) is 0 Å². The molecule has 4 nitrogen and oxygen atoms in total. The number of halogens is 2. The standard InChI is InChI=1S/C13H14F2N2O2/c14-10-4-3-8(6-11(10)15)13(19)17-5-1-2-9(7-17)12(16)18/h3-4,6,9H,1-2,5,7H2,(H2,16,18)/t9-/m0/s1. The maximum absolute atomic E-state index is 13.1. The van der Waals surface area contributed by atoms with Crippen LogP contribution in [0.15, 0.2) is 18.2 Å². The van der Waals surface area contributed by atoms with Crippen LogP contribution >= 0.6 is 0 Å². The highest BCUT2D eigenvalue weighted by atomic mass is 19.2.